The van der Waals surface area contributed by atoms with Crippen LogP contribution in [0.15, 0.2) is 22.7 Å². The van der Waals surface area contributed by atoms with Gasteiger partial charge in [-0.25, -0.2) is 0 Å². The highest BCUT2D eigenvalue weighted by molar-refractivity contribution is 9.10. The highest BCUT2D eigenvalue weighted by Crippen LogP contribution is 2.28. The molecule has 0 fully saturated rings. The van der Waals surface area contributed by atoms with Gasteiger partial charge in [0.25, 0.3) is 0 Å². The summed E-state index contributed by atoms with van der Waals surface area (Å²) >= 11 is 8.64. The smallest absolute Gasteiger partial charge is 0.0761 e. The normalized spacial score (nSPS) is 14.5. The van der Waals surface area contributed by atoms with E-state index in [0.29, 0.717) is 10.9 Å². The number of hydrogen-bond donors (Lipinski definition) is 1. The maximum atomic E-state index is 5.69. The Morgan fingerprint density at radius 3 is 2.50 bits per heavy atom. The molecule has 16 heavy (non-hydrogen) atoms. The average molecular weight is 300 g/mol. The van der Waals surface area contributed by atoms with E-state index in [4.69, 9.17) is 18.0 Å². The van der Waals surface area contributed by atoms with Gasteiger partial charge in [0.2, 0.25) is 0 Å². The maximum Gasteiger partial charge on any atom is 0.0761 e. The van der Waals surface area contributed by atoms with Gasteiger partial charge in [-0.3, -0.25) is 0 Å². The van der Waals surface area contributed by atoms with Crippen molar-refractivity contribution in [1.82, 2.24) is 0 Å². The lowest BCUT2D eigenvalue weighted by molar-refractivity contribution is 0.626. The van der Waals surface area contributed by atoms with Crippen molar-refractivity contribution in [3.8, 4) is 0 Å². The minimum atomic E-state index is 0.231. The molecule has 0 aliphatic rings. The second-order valence-electron chi connectivity index (χ2n) is 4.18. The van der Waals surface area contributed by atoms with Gasteiger partial charge < -0.3 is 5.73 Å². The zero-order valence-corrected chi connectivity index (χ0v) is 12.4. The molecule has 0 saturated heterocycles. The highest BCUT2D eigenvalue weighted by atomic mass is 79.9. The molecule has 0 saturated carbocycles. The second-order valence-corrected chi connectivity index (χ2v) is 5.51. The van der Waals surface area contributed by atoms with Gasteiger partial charge in [0.15, 0.2) is 0 Å². The van der Waals surface area contributed by atoms with Gasteiger partial charge in [0.05, 0.1) is 4.99 Å². The molecule has 88 valence electrons. The van der Waals surface area contributed by atoms with Gasteiger partial charge in [-0.2, -0.15) is 0 Å². The Balaban J connectivity index is 2.97. The molecule has 0 aliphatic heterocycles. The monoisotopic (exact) mass is 299 g/mol. The quantitative estimate of drug-likeness (QED) is 0.849. The molecule has 0 amide bonds. The van der Waals surface area contributed by atoms with Gasteiger partial charge in [0.1, 0.15) is 0 Å². The molecule has 0 heterocycles. The number of hydrogen-bond acceptors (Lipinski definition) is 1. The summed E-state index contributed by atoms with van der Waals surface area (Å²) in [7, 11) is 0. The van der Waals surface area contributed by atoms with Crippen molar-refractivity contribution >= 4 is 33.1 Å². The standard InChI is InChI=1S/C13H18BrNS/c1-4-10-5-6-11(7-12(10)14)8(2)9(3)13(15)16/h5-9H,4H2,1-3H3,(H2,15,16). The predicted octanol–water partition coefficient (Wildman–Crippen LogP) is 4.04. The van der Waals surface area contributed by atoms with Crippen LogP contribution in [0.4, 0.5) is 0 Å². The predicted molar refractivity (Wildman–Crippen MR) is 77.9 cm³/mol. The first-order valence-electron chi connectivity index (χ1n) is 5.55. The van der Waals surface area contributed by atoms with Gasteiger partial charge in [-0.1, -0.05) is 61.1 Å². The van der Waals surface area contributed by atoms with Crippen molar-refractivity contribution in [2.75, 3.05) is 0 Å². The van der Waals surface area contributed by atoms with Crippen molar-refractivity contribution < 1.29 is 0 Å². The third-order valence-corrected chi connectivity index (χ3v) is 4.29. The lowest BCUT2D eigenvalue weighted by atomic mass is 9.88. The molecule has 1 aromatic rings. The van der Waals surface area contributed by atoms with Crippen molar-refractivity contribution in [2.45, 2.75) is 33.1 Å². The summed E-state index contributed by atoms with van der Waals surface area (Å²) in [6.45, 7) is 6.40. The van der Waals surface area contributed by atoms with Gasteiger partial charge in [-0.15, -0.1) is 0 Å². The number of benzene rings is 1. The summed E-state index contributed by atoms with van der Waals surface area (Å²) in [5.74, 6) is 0.592. The van der Waals surface area contributed by atoms with E-state index in [-0.39, 0.29) is 5.92 Å². The van der Waals surface area contributed by atoms with Gasteiger partial charge >= 0.3 is 0 Å². The first-order chi connectivity index (χ1) is 7.47. The molecule has 0 aliphatic carbocycles. The minimum absolute atomic E-state index is 0.231. The maximum absolute atomic E-state index is 5.69. The summed E-state index contributed by atoms with van der Waals surface area (Å²) in [6.07, 6.45) is 1.04. The molecule has 0 spiro atoms. The second kappa shape index (κ2) is 5.78. The molecular formula is C13H18BrNS. The van der Waals surface area contributed by atoms with E-state index in [2.05, 4.69) is 54.9 Å². The van der Waals surface area contributed by atoms with E-state index in [1.807, 2.05) is 0 Å². The number of halogens is 1. The first-order valence-corrected chi connectivity index (χ1v) is 6.75. The van der Waals surface area contributed by atoms with E-state index < -0.39 is 0 Å². The summed E-state index contributed by atoms with van der Waals surface area (Å²) in [4.78, 5) is 0.586. The molecule has 1 aromatic carbocycles. The molecule has 2 unspecified atom stereocenters. The number of thiocarbonyl (C=S) groups is 1. The van der Waals surface area contributed by atoms with Crippen molar-refractivity contribution in [3.63, 3.8) is 0 Å². The van der Waals surface area contributed by atoms with E-state index in [1.54, 1.807) is 0 Å². The molecule has 1 rings (SSSR count). The fourth-order valence-electron chi connectivity index (χ4n) is 1.67. The topological polar surface area (TPSA) is 26.0 Å². The molecule has 0 radical (unpaired) electrons. The van der Waals surface area contributed by atoms with E-state index in [0.717, 1.165) is 6.42 Å². The van der Waals surface area contributed by atoms with Crippen LogP contribution in [0, 0.1) is 5.92 Å². The van der Waals surface area contributed by atoms with Crippen molar-refractivity contribution in [1.29, 1.82) is 0 Å². The third-order valence-electron chi connectivity index (χ3n) is 3.18. The summed E-state index contributed by atoms with van der Waals surface area (Å²) in [5, 5.41) is 0. The molecule has 2 atom stereocenters. The third kappa shape index (κ3) is 3.05. The van der Waals surface area contributed by atoms with Crippen LogP contribution in [0.2, 0.25) is 0 Å². The zero-order chi connectivity index (χ0) is 12.3. The van der Waals surface area contributed by atoms with E-state index in [9.17, 15) is 0 Å². The molecule has 3 heteroatoms. The minimum Gasteiger partial charge on any atom is -0.393 e. The Kier molecular flexibility index (Phi) is 4.93. The van der Waals surface area contributed by atoms with Crippen LogP contribution in [0.1, 0.15) is 37.8 Å². The Bertz CT molecular complexity index is 390. The Morgan fingerprint density at radius 2 is 2.06 bits per heavy atom. The van der Waals surface area contributed by atoms with Crippen molar-refractivity contribution in [2.24, 2.45) is 11.7 Å². The molecule has 0 aromatic heterocycles. The zero-order valence-electron chi connectivity index (χ0n) is 9.96. The summed E-state index contributed by atoms with van der Waals surface area (Å²) in [5.41, 5.74) is 8.30. The average Bonchev–Trinajstić information content (AvgIpc) is 2.26. The van der Waals surface area contributed by atoms with Crippen molar-refractivity contribution in [3.05, 3.63) is 33.8 Å². The van der Waals surface area contributed by atoms with Gasteiger partial charge in [0, 0.05) is 10.4 Å². The Hall–Kier alpha value is -0.410. The summed E-state index contributed by atoms with van der Waals surface area (Å²) < 4.78 is 1.18. The fourth-order valence-corrected chi connectivity index (χ4v) is 2.55. The SMILES string of the molecule is CCc1ccc(C(C)C(C)C(N)=S)cc1Br. The Morgan fingerprint density at radius 1 is 1.44 bits per heavy atom. The van der Waals surface area contributed by atoms with Crippen LogP contribution in [-0.2, 0) is 6.42 Å². The number of aryl methyl sites for hydroxylation is 1. The molecular weight excluding hydrogens is 282 g/mol. The number of rotatable bonds is 4. The lowest BCUT2D eigenvalue weighted by Gasteiger charge is -2.20. The van der Waals surface area contributed by atoms with Crippen LogP contribution in [0.3, 0.4) is 0 Å². The molecule has 2 N–H and O–H groups in total. The van der Waals surface area contributed by atoms with Crippen LogP contribution >= 0.6 is 28.1 Å². The van der Waals surface area contributed by atoms with E-state index in [1.165, 1.54) is 15.6 Å². The van der Waals surface area contributed by atoms with Crippen LogP contribution in [0.5, 0.6) is 0 Å². The highest BCUT2D eigenvalue weighted by Gasteiger charge is 2.17. The van der Waals surface area contributed by atoms with Crippen LogP contribution < -0.4 is 5.73 Å². The fraction of sp³-hybridized carbons (Fsp3) is 0.462. The Labute approximate surface area is 112 Å². The van der Waals surface area contributed by atoms with E-state index >= 15 is 0 Å². The van der Waals surface area contributed by atoms with Gasteiger partial charge in [-0.05, 0) is 29.5 Å². The largest absolute Gasteiger partial charge is 0.393 e. The van der Waals surface area contributed by atoms with Crippen LogP contribution in [-0.4, -0.2) is 4.99 Å². The van der Waals surface area contributed by atoms with Crippen LogP contribution in [0.25, 0.3) is 0 Å². The molecule has 1 nitrogen and oxygen atoms in total. The first kappa shape index (κ1) is 13.7. The number of nitrogens with two attached hydrogens (primary N) is 1. The summed E-state index contributed by atoms with van der Waals surface area (Å²) in [6, 6.07) is 6.52. The molecule has 0 bridgehead atoms. The lowest BCUT2D eigenvalue weighted by Crippen LogP contribution is -2.23.